The zero-order chi connectivity index (χ0) is 13.3. The summed E-state index contributed by atoms with van der Waals surface area (Å²) >= 11 is 4.96. The summed E-state index contributed by atoms with van der Waals surface area (Å²) in [4.78, 5) is 23.5. The summed E-state index contributed by atoms with van der Waals surface area (Å²) in [6.07, 6.45) is 1.40. The Morgan fingerprint density at radius 2 is 2.22 bits per heavy atom. The van der Waals surface area contributed by atoms with Gasteiger partial charge in [0.15, 0.2) is 5.43 Å². The average molecular weight is 328 g/mol. The fourth-order valence-electron chi connectivity index (χ4n) is 1.61. The van der Waals surface area contributed by atoms with Gasteiger partial charge in [-0.2, -0.15) is 0 Å². The normalized spacial score (nSPS) is 10.6. The molecule has 6 heteroatoms. The lowest BCUT2D eigenvalue weighted by atomic mass is 10.2. The first-order valence-electron chi connectivity index (χ1n) is 5.16. The molecule has 0 aliphatic rings. The van der Waals surface area contributed by atoms with Crippen molar-refractivity contribution in [2.45, 2.75) is 13.5 Å². The molecule has 94 valence electrons. The molecule has 0 saturated heterocycles. The molecule has 0 atom stereocenters. The molecule has 0 saturated carbocycles. The molecule has 2 aromatic heterocycles. The third-order valence-electron chi connectivity index (χ3n) is 2.53. The fraction of sp³-hybridized carbons (Fsp3) is 0.167. The van der Waals surface area contributed by atoms with Gasteiger partial charge in [-0.05, 0) is 35.0 Å². The first-order chi connectivity index (χ1) is 8.47. The average Bonchev–Trinajstić information content (AvgIpc) is 2.67. The number of aromatic carboxylic acids is 1. The summed E-state index contributed by atoms with van der Waals surface area (Å²) in [6.45, 7) is 2.35. The highest BCUT2D eigenvalue weighted by atomic mass is 79.9. The molecule has 2 heterocycles. The van der Waals surface area contributed by atoms with E-state index in [0.717, 1.165) is 14.4 Å². The number of carboxylic acid groups (broad SMARTS) is 1. The Balaban J connectivity index is 2.41. The van der Waals surface area contributed by atoms with Crippen LogP contribution in [-0.4, -0.2) is 15.6 Å². The van der Waals surface area contributed by atoms with Gasteiger partial charge in [-0.3, -0.25) is 4.79 Å². The Labute approximate surface area is 116 Å². The molecule has 0 amide bonds. The van der Waals surface area contributed by atoms with E-state index >= 15 is 0 Å². The summed E-state index contributed by atoms with van der Waals surface area (Å²) in [6, 6.07) is 5.26. The van der Waals surface area contributed by atoms with E-state index in [1.165, 1.54) is 12.3 Å². The van der Waals surface area contributed by atoms with Crippen molar-refractivity contribution < 1.29 is 9.90 Å². The monoisotopic (exact) mass is 327 g/mol. The van der Waals surface area contributed by atoms with Gasteiger partial charge in [0.1, 0.15) is 5.56 Å². The maximum absolute atomic E-state index is 11.5. The molecule has 18 heavy (non-hydrogen) atoms. The van der Waals surface area contributed by atoms with Crippen LogP contribution in [0, 0.1) is 6.92 Å². The number of pyridine rings is 1. The third kappa shape index (κ3) is 2.70. The van der Waals surface area contributed by atoms with Gasteiger partial charge >= 0.3 is 5.97 Å². The first kappa shape index (κ1) is 13.0. The summed E-state index contributed by atoms with van der Waals surface area (Å²) < 4.78 is 2.79. The minimum Gasteiger partial charge on any atom is -0.477 e. The van der Waals surface area contributed by atoms with Crippen molar-refractivity contribution in [1.29, 1.82) is 0 Å². The van der Waals surface area contributed by atoms with Crippen molar-refractivity contribution in [2.24, 2.45) is 0 Å². The number of hydrogen-bond acceptors (Lipinski definition) is 3. The SMILES string of the molecule is Cc1cc(=O)c(C(=O)O)cn1Cc1ccc(Br)s1. The second-order valence-electron chi connectivity index (χ2n) is 3.83. The van der Waals surface area contributed by atoms with Crippen molar-refractivity contribution in [1.82, 2.24) is 4.57 Å². The van der Waals surface area contributed by atoms with Gasteiger partial charge < -0.3 is 9.67 Å². The number of carbonyl (C=O) groups is 1. The largest absolute Gasteiger partial charge is 0.477 e. The number of aryl methyl sites for hydroxylation is 1. The molecule has 0 aliphatic heterocycles. The Hall–Kier alpha value is -1.40. The van der Waals surface area contributed by atoms with Gasteiger partial charge in [-0.25, -0.2) is 4.79 Å². The molecule has 4 nitrogen and oxygen atoms in total. The van der Waals surface area contributed by atoms with Crippen LogP contribution in [0.4, 0.5) is 0 Å². The van der Waals surface area contributed by atoms with Crippen molar-refractivity contribution in [3.8, 4) is 0 Å². The lowest BCUT2D eigenvalue weighted by Gasteiger charge is -2.10. The first-order valence-corrected chi connectivity index (χ1v) is 6.77. The zero-order valence-corrected chi connectivity index (χ0v) is 11.9. The van der Waals surface area contributed by atoms with E-state index in [-0.39, 0.29) is 5.56 Å². The van der Waals surface area contributed by atoms with Crippen molar-refractivity contribution in [3.63, 3.8) is 0 Å². The van der Waals surface area contributed by atoms with Gasteiger partial charge in [0, 0.05) is 22.8 Å². The summed E-state index contributed by atoms with van der Waals surface area (Å²) in [5, 5.41) is 8.93. The molecule has 0 bridgehead atoms. The molecule has 0 spiro atoms. The smallest absolute Gasteiger partial charge is 0.341 e. The minimum absolute atomic E-state index is 0.198. The lowest BCUT2D eigenvalue weighted by Crippen LogP contribution is -2.19. The standard InChI is InChI=1S/C12H10BrNO3S/c1-7-4-10(15)9(12(16)17)6-14(7)5-8-2-3-11(13)18-8/h2-4,6H,5H2,1H3,(H,16,17). The molecule has 2 aromatic rings. The minimum atomic E-state index is -1.19. The molecule has 0 radical (unpaired) electrons. The van der Waals surface area contributed by atoms with Gasteiger partial charge in [-0.1, -0.05) is 0 Å². The lowest BCUT2D eigenvalue weighted by molar-refractivity contribution is 0.0694. The molecule has 0 unspecified atom stereocenters. The maximum Gasteiger partial charge on any atom is 0.341 e. The van der Waals surface area contributed by atoms with E-state index in [1.807, 2.05) is 12.1 Å². The molecule has 0 fully saturated rings. The van der Waals surface area contributed by atoms with Gasteiger partial charge in [0.2, 0.25) is 0 Å². The van der Waals surface area contributed by atoms with Crippen LogP contribution in [0.25, 0.3) is 0 Å². The van der Waals surface area contributed by atoms with Gasteiger partial charge in [0.25, 0.3) is 0 Å². The quantitative estimate of drug-likeness (QED) is 0.942. The van der Waals surface area contributed by atoms with Gasteiger partial charge in [0.05, 0.1) is 10.3 Å². The van der Waals surface area contributed by atoms with Crippen LogP contribution < -0.4 is 5.43 Å². The molecule has 0 aromatic carbocycles. The second kappa shape index (κ2) is 5.07. The number of carboxylic acids is 1. The summed E-state index contributed by atoms with van der Waals surface area (Å²) in [5.41, 5.74) is 0.0920. The van der Waals surface area contributed by atoms with Crippen LogP contribution >= 0.6 is 27.3 Å². The predicted molar refractivity (Wildman–Crippen MR) is 73.5 cm³/mol. The predicted octanol–water partition coefficient (Wildman–Crippen LogP) is 2.73. The van der Waals surface area contributed by atoms with E-state index in [4.69, 9.17) is 5.11 Å². The Morgan fingerprint density at radius 3 is 2.78 bits per heavy atom. The Bertz CT molecular complexity index is 660. The van der Waals surface area contributed by atoms with E-state index in [1.54, 1.807) is 22.8 Å². The van der Waals surface area contributed by atoms with E-state index < -0.39 is 11.4 Å². The van der Waals surface area contributed by atoms with Crippen LogP contribution in [0.15, 0.2) is 33.0 Å². The number of hydrogen-bond donors (Lipinski definition) is 1. The molecule has 2 rings (SSSR count). The number of halogens is 1. The van der Waals surface area contributed by atoms with Crippen molar-refractivity contribution >= 4 is 33.2 Å². The van der Waals surface area contributed by atoms with Crippen LogP contribution in [0.1, 0.15) is 20.9 Å². The van der Waals surface area contributed by atoms with Crippen LogP contribution in [0.3, 0.4) is 0 Å². The summed E-state index contributed by atoms with van der Waals surface area (Å²) in [5.74, 6) is -1.19. The van der Waals surface area contributed by atoms with Crippen molar-refractivity contribution in [2.75, 3.05) is 0 Å². The highest BCUT2D eigenvalue weighted by Crippen LogP contribution is 2.23. The molecular weight excluding hydrogens is 318 g/mol. The van der Waals surface area contributed by atoms with Gasteiger partial charge in [-0.15, -0.1) is 11.3 Å². The Kier molecular flexibility index (Phi) is 3.68. The topological polar surface area (TPSA) is 59.3 Å². The highest BCUT2D eigenvalue weighted by molar-refractivity contribution is 9.11. The zero-order valence-electron chi connectivity index (χ0n) is 9.51. The fourth-order valence-corrected chi connectivity index (χ4v) is 3.09. The van der Waals surface area contributed by atoms with E-state index in [9.17, 15) is 9.59 Å². The number of thiophene rings is 1. The van der Waals surface area contributed by atoms with Crippen LogP contribution in [0.2, 0.25) is 0 Å². The number of nitrogens with zero attached hydrogens (tertiary/aromatic N) is 1. The van der Waals surface area contributed by atoms with Crippen LogP contribution in [-0.2, 0) is 6.54 Å². The van der Waals surface area contributed by atoms with E-state index in [0.29, 0.717) is 6.54 Å². The van der Waals surface area contributed by atoms with Crippen LogP contribution in [0.5, 0.6) is 0 Å². The highest BCUT2D eigenvalue weighted by Gasteiger charge is 2.11. The maximum atomic E-state index is 11.5. The second-order valence-corrected chi connectivity index (χ2v) is 6.38. The summed E-state index contributed by atoms with van der Waals surface area (Å²) in [7, 11) is 0. The Morgan fingerprint density at radius 1 is 1.50 bits per heavy atom. The molecule has 0 aliphatic carbocycles. The van der Waals surface area contributed by atoms with E-state index in [2.05, 4.69) is 15.9 Å². The third-order valence-corrected chi connectivity index (χ3v) is 4.14. The van der Waals surface area contributed by atoms with Crippen molar-refractivity contribution in [3.05, 3.63) is 54.5 Å². The number of rotatable bonds is 3. The number of aromatic nitrogens is 1. The molecular formula is C12H10BrNO3S. The molecule has 1 N–H and O–H groups in total.